The number of nitriles is 2. The predicted molar refractivity (Wildman–Crippen MR) is 73.8 cm³/mol. The highest BCUT2D eigenvalue weighted by Gasteiger charge is 2.48. The molecule has 1 aliphatic rings. The van der Waals surface area contributed by atoms with E-state index in [9.17, 15) is 8.42 Å². The number of rotatable bonds is 5. The van der Waals surface area contributed by atoms with Crippen LogP contribution in [0.3, 0.4) is 0 Å². The lowest BCUT2D eigenvalue weighted by Crippen LogP contribution is -2.40. The Morgan fingerprint density at radius 1 is 1.40 bits per heavy atom. The van der Waals surface area contributed by atoms with Gasteiger partial charge in [0.25, 0.3) is 0 Å². The van der Waals surface area contributed by atoms with Gasteiger partial charge in [-0.3, -0.25) is 0 Å². The van der Waals surface area contributed by atoms with Gasteiger partial charge in [-0.2, -0.15) is 10.5 Å². The highest BCUT2D eigenvalue weighted by atomic mass is 32.2. The van der Waals surface area contributed by atoms with Gasteiger partial charge in [0.05, 0.1) is 23.2 Å². The number of hydrogen-bond acceptors (Lipinski definition) is 4. The first-order valence-corrected chi connectivity index (χ1v) is 7.95. The fraction of sp³-hybridized carbons (Fsp3) is 0.429. The van der Waals surface area contributed by atoms with E-state index in [1.54, 1.807) is 25.1 Å². The van der Waals surface area contributed by atoms with Gasteiger partial charge in [-0.25, -0.2) is 13.1 Å². The van der Waals surface area contributed by atoms with E-state index in [0.717, 1.165) is 5.56 Å². The Morgan fingerprint density at radius 3 is 2.60 bits per heavy atom. The maximum atomic E-state index is 12.2. The number of nitrogens with one attached hydrogen (secondary N) is 1. The Bertz CT molecular complexity index is 694. The second-order valence-corrected chi connectivity index (χ2v) is 6.81. The van der Waals surface area contributed by atoms with Crippen molar-refractivity contribution in [2.75, 3.05) is 0 Å². The van der Waals surface area contributed by atoms with Crippen LogP contribution in [0, 0.1) is 22.7 Å². The summed E-state index contributed by atoms with van der Waals surface area (Å²) in [7, 11) is -3.68. The Morgan fingerprint density at radius 2 is 2.10 bits per heavy atom. The molecule has 0 aromatic heterocycles. The first-order chi connectivity index (χ1) is 9.47. The second-order valence-electron chi connectivity index (χ2n) is 4.95. The molecular formula is C14H15N3O2S. The third-order valence-corrected chi connectivity index (χ3v) is 5.38. The SMILES string of the molecule is CCC(C#N)S(=O)(=O)NC1(c2cccc(C#N)c2)CC1. The van der Waals surface area contributed by atoms with Crippen molar-refractivity contribution in [3.05, 3.63) is 35.4 Å². The Kier molecular flexibility index (Phi) is 3.80. The van der Waals surface area contributed by atoms with Crippen LogP contribution in [0.5, 0.6) is 0 Å². The molecule has 1 fully saturated rings. The van der Waals surface area contributed by atoms with Crippen LogP contribution >= 0.6 is 0 Å². The third kappa shape index (κ3) is 2.67. The van der Waals surface area contributed by atoms with Crippen LogP contribution in [0.2, 0.25) is 0 Å². The van der Waals surface area contributed by atoms with Crippen molar-refractivity contribution in [2.45, 2.75) is 37.0 Å². The number of hydrogen-bond donors (Lipinski definition) is 1. The highest BCUT2D eigenvalue weighted by Crippen LogP contribution is 2.46. The monoisotopic (exact) mass is 289 g/mol. The van der Waals surface area contributed by atoms with Crippen LogP contribution < -0.4 is 4.72 Å². The summed E-state index contributed by atoms with van der Waals surface area (Å²) in [6, 6.07) is 10.8. The topological polar surface area (TPSA) is 93.8 Å². The quantitative estimate of drug-likeness (QED) is 0.893. The molecule has 1 unspecified atom stereocenters. The molecule has 1 aromatic carbocycles. The molecule has 0 heterocycles. The van der Waals surface area contributed by atoms with Gasteiger partial charge < -0.3 is 0 Å². The molecule has 0 aliphatic heterocycles. The minimum absolute atomic E-state index is 0.250. The molecule has 0 bridgehead atoms. The molecule has 1 aliphatic carbocycles. The molecule has 20 heavy (non-hydrogen) atoms. The van der Waals surface area contributed by atoms with Crippen molar-refractivity contribution >= 4 is 10.0 Å². The van der Waals surface area contributed by atoms with E-state index in [1.807, 2.05) is 18.2 Å². The second kappa shape index (κ2) is 5.24. The largest absolute Gasteiger partial charge is 0.228 e. The summed E-state index contributed by atoms with van der Waals surface area (Å²) in [5, 5.41) is 16.8. The van der Waals surface area contributed by atoms with Crippen LogP contribution in [0.25, 0.3) is 0 Å². The van der Waals surface area contributed by atoms with Gasteiger partial charge in [0.15, 0.2) is 5.25 Å². The molecule has 104 valence electrons. The van der Waals surface area contributed by atoms with Gasteiger partial charge >= 0.3 is 0 Å². The van der Waals surface area contributed by atoms with E-state index in [1.165, 1.54) is 0 Å². The number of benzene rings is 1. The summed E-state index contributed by atoms with van der Waals surface area (Å²) < 4.78 is 27.0. The van der Waals surface area contributed by atoms with Gasteiger partial charge in [0.2, 0.25) is 10.0 Å². The Labute approximate surface area is 118 Å². The van der Waals surface area contributed by atoms with Crippen molar-refractivity contribution < 1.29 is 8.42 Å². The lowest BCUT2D eigenvalue weighted by Gasteiger charge is -2.20. The van der Waals surface area contributed by atoms with E-state index >= 15 is 0 Å². The van der Waals surface area contributed by atoms with Crippen LogP contribution in [0.4, 0.5) is 0 Å². The van der Waals surface area contributed by atoms with Crippen molar-refractivity contribution in [2.24, 2.45) is 0 Å². The molecule has 1 atom stereocenters. The minimum Gasteiger partial charge on any atom is -0.211 e. The van der Waals surface area contributed by atoms with Crippen LogP contribution in [-0.2, 0) is 15.6 Å². The van der Waals surface area contributed by atoms with E-state index < -0.39 is 20.8 Å². The molecule has 2 rings (SSSR count). The van der Waals surface area contributed by atoms with E-state index in [0.29, 0.717) is 18.4 Å². The van der Waals surface area contributed by atoms with Crippen LogP contribution in [-0.4, -0.2) is 13.7 Å². The normalized spacial score (nSPS) is 17.8. The molecule has 0 amide bonds. The lowest BCUT2D eigenvalue weighted by molar-refractivity contribution is 0.543. The lowest BCUT2D eigenvalue weighted by atomic mass is 10.0. The van der Waals surface area contributed by atoms with Crippen molar-refractivity contribution in [1.82, 2.24) is 4.72 Å². The average molecular weight is 289 g/mol. The van der Waals surface area contributed by atoms with Crippen LogP contribution in [0.15, 0.2) is 24.3 Å². The summed E-state index contributed by atoms with van der Waals surface area (Å²) >= 11 is 0. The number of nitrogens with zero attached hydrogens (tertiary/aromatic N) is 2. The van der Waals surface area contributed by atoms with Crippen molar-refractivity contribution in [3.63, 3.8) is 0 Å². The zero-order valence-electron chi connectivity index (χ0n) is 11.1. The summed E-state index contributed by atoms with van der Waals surface area (Å²) in [6.45, 7) is 1.67. The number of sulfonamides is 1. The van der Waals surface area contributed by atoms with Gasteiger partial charge in [0, 0.05) is 0 Å². The van der Waals surface area contributed by atoms with Gasteiger partial charge in [-0.15, -0.1) is 0 Å². The molecule has 1 saturated carbocycles. The van der Waals surface area contributed by atoms with Gasteiger partial charge in [-0.1, -0.05) is 19.1 Å². The molecule has 5 nitrogen and oxygen atoms in total. The van der Waals surface area contributed by atoms with E-state index in [-0.39, 0.29) is 6.42 Å². The first-order valence-electron chi connectivity index (χ1n) is 6.40. The smallest absolute Gasteiger partial charge is 0.211 e. The molecule has 0 radical (unpaired) electrons. The maximum Gasteiger partial charge on any atom is 0.228 e. The summed E-state index contributed by atoms with van der Waals surface area (Å²) in [4.78, 5) is 0. The molecule has 1 aromatic rings. The summed E-state index contributed by atoms with van der Waals surface area (Å²) in [6.07, 6.45) is 1.62. The Balaban J connectivity index is 2.29. The first kappa shape index (κ1) is 14.5. The van der Waals surface area contributed by atoms with E-state index in [4.69, 9.17) is 10.5 Å². The zero-order valence-corrected chi connectivity index (χ0v) is 11.9. The Hall–Kier alpha value is -1.89. The van der Waals surface area contributed by atoms with Crippen LogP contribution in [0.1, 0.15) is 37.3 Å². The van der Waals surface area contributed by atoms with Gasteiger partial charge in [0.1, 0.15) is 0 Å². The fourth-order valence-corrected chi connectivity index (χ4v) is 3.77. The summed E-state index contributed by atoms with van der Waals surface area (Å²) in [5.41, 5.74) is 0.642. The zero-order chi connectivity index (χ0) is 14.8. The van der Waals surface area contributed by atoms with Crippen molar-refractivity contribution in [3.8, 4) is 12.1 Å². The standard InChI is InChI=1S/C14H15N3O2S/c1-2-13(10-16)20(18,19)17-14(6-7-14)12-5-3-4-11(8-12)9-15/h3-5,8,13,17H,2,6-7H2,1H3. The fourth-order valence-electron chi connectivity index (χ4n) is 2.18. The highest BCUT2D eigenvalue weighted by molar-refractivity contribution is 7.90. The van der Waals surface area contributed by atoms with Gasteiger partial charge in [-0.05, 0) is 37.0 Å². The third-order valence-electron chi connectivity index (χ3n) is 3.52. The molecule has 0 spiro atoms. The molecule has 6 heteroatoms. The average Bonchev–Trinajstić information content (AvgIpc) is 3.20. The molecule has 1 N–H and O–H groups in total. The van der Waals surface area contributed by atoms with E-state index in [2.05, 4.69) is 4.72 Å². The maximum absolute atomic E-state index is 12.2. The molecular weight excluding hydrogens is 274 g/mol. The predicted octanol–water partition coefficient (Wildman–Crippen LogP) is 1.77. The van der Waals surface area contributed by atoms with Crippen molar-refractivity contribution in [1.29, 1.82) is 10.5 Å². The minimum atomic E-state index is -3.68. The molecule has 0 saturated heterocycles. The summed E-state index contributed by atoms with van der Waals surface area (Å²) in [5.74, 6) is 0.